The molecule has 4 aromatic rings. The minimum absolute atomic E-state index is 0.0639. The summed E-state index contributed by atoms with van der Waals surface area (Å²) in [7, 11) is 0. The van der Waals surface area contributed by atoms with Crippen LogP contribution in [0.5, 0.6) is 0 Å². The summed E-state index contributed by atoms with van der Waals surface area (Å²) < 4.78 is 44.5. The predicted octanol–water partition coefficient (Wildman–Crippen LogP) is 6.08. The van der Waals surface area contributed by atoms with Gasteiger partial charge in [0.05, 0.1) is 17.4 Å². The summed E-state index contributed by atoms with van der Waals surface area (Å²) >= 11 is 0. The molecule has 0 bridgehead atoms. The van der Waals surface area contributed by atoms with Gasteiger partial charge in [-0.2, -0.15) is 13.2 Å². The third-order valence-electron chi connectivity index (χ3n) is 5.75. The number of Topliss-reactive ketones (excluding diaryl/α,β-unsaturated/α-hetero) is 1. The number of ketones is 1. The van der Waals surface area contributed by atoms with Crippen molar-refractivity contribution in [1.82, 2.24) is 0 Å². The fourth-order valence-electron chi connectivity index (χ4n) is 4.12. The smallest absolute Gasteiger partial charge is 0.416 e. The van der Waals surface area contributed by atoms with Crippen LogP contribution in [-0.2, 0) is 15.8 Å². The zero-order valence-electron chi connectivity index (χ0n) is 17.4. The SMILES string of the molecule is O=C1C(=O)N(c2ccc(C(F)(F)F)cc2)C(c2ccco2)/C1=C(/O)c1ccc2ccccc2c1. The fourth-order valence-corrected chi connectivity index (χ4v) is 4.12. The lowest BCUT2D eigenvalue weighted by molar-refractivity contribution is -0.137. The summed E-state index contributed by atoms with van der Waals surface area (Å²) in [6.07, 6.45) is -3.21. The lowest BCUT2D eigenvalue weighted by atomic mass is 9.97. The number of alkyl halides is 3. The number of halogens is 3. The number of nitrogens with zero attached hydrogens (tertiary/aromatic N) is 1. The Morgan fingerprint density at radius 3 is 2.24 bits per heavy atom. The number of benzene rings is 3. The monoisotopic (exact) mass is 463 g/mol. The lowest BCUT2D eigenvalue weighted by Gasteiger charge is -2.23. The Morgan fingerprint density at radius 1 is 0.882 bits per heavy atom. The van der Waals surface area contributed by atoms with Gasteiger partial charge in [0, 0.05) is 11.3 Å². The van der Waals surface area contributed by atoms with Crippen LogP contribution in [0.1, 0.15) is 22.9 Å². The normalized spacial score (nSPS) is 18.1. The van der Waals surface area contributed by atoms with Crippen LogP contribution >= 0.6 is 0 Å². The second kappa shape index (κ2) is 7.91. The average Bonchev–Trinajstić information content (AvgIpc) is 3.45. The van der Waals surface area contributed by atoms with Gasteiger partial charge in [-0.05, 0) is 53.2 Å². The number of hydrogen-bond donors (Lipinski definition) is 1. The van der Waals surface area contributed by atoms with E-state index in [4.69, 9.17) is 4.42 Å². The number of anilines is 1. The molecule has 0 aliphatic carbocycles. The first kappa shape index (κ1) is 21.5. The van der Waals surface area contributed by atoms with Crippen molar-refractivity contribution in [3.05, 3.63) is 108 Å². The van der Waals surface area contributed by atoms with Crippen molar-refractivity contribution in [2.75, 3.05) is 4.90 Å². The zero-order valence-corrected chi connectivity index (χ0v) is 17.4. The molecule has 170 valence electrons. The van der Waals surface area contributed by atoms with Crippen LogP contribution in [0.2, 0.25) is 0 Å². The first-order chi connectivity index (χ1) is 16.3. The van der Waals surface area contributed by atoms with Gasteiger partial charge in [0.25, 0.3) is 11.7 Å². The summed E-state index contributed by atoms with van der Waals surface area (Å²) in [5.74, 6) is -2.17. The lowest BCUT2D eigenvalue weighted by Crippen LogP contribution is -2.29. The van der Waals surface area contributed by atoms with E-state index in [9.17, 15) is 27.9 Å². The van der Waals surface area contributed by atoms with Gasteiger partial charge in [0.1, 0.15) is 17.6 Å². The number of carbonyl (C=O) groups excluding carboxylic acids is 2. The van der Waals surface area contributed by atoms with Crippen LogP contribution in [0, 0.1) is 0 Å². The highest BCUT2D eigenvalue weighted by molar-refractivity contribution is 6.51. The molecule has 1 atom stereocenters. The summed E-state index contributed by atoms with van der Waals surface area (Å²) in [5, 5.41) is 12.9. The van der Waals surface area contributed by atoms with Crippen LogP contribution < -0.4 is 4.90 Å². The Labute approximate surface area is 191 Å². The number of amides is 1. The Hall–Kier alpha value is -4.33. The summed E-state index contributed by atoms with van der Waals surface area (Å²) in [4.78, 5) is 27.1. The number of furan rings is 1. The predicted molar refractivity (Wildman–Crippen MR) is 119 cm³/mol. The average molecular weight is 463 g/mol. The highest BCUT2D eigenvalue weighted by Gasteiger charge is 2.48. The van der Waals surface area contributed by atoms with Gasteiger partial charge >= 0.3 is 6.18 Å². The molecule has 5 rings (SSSR count). The van der Waals surface area contributed by atoms with Crippen molar-refractivity contribution in [2.45, 2.75) is 12.2 Å². The van der Waals surface area contributed by atoms with E-state index < -0.39 is 35.2 Å². The molecule has 5 nitrogen and oxygen atoms in total. The molecule has 1 unspecified atom stereocenters. The molecule has 0 radical (unpaired) electrons. The van der Waals surface area contributed by atoms with Crippen LogP contribution in [0.25, 0.3) is 16.5 Å². The fraction of sp³-hybridized carbons (Fsp3) is 0.0769. The van der Waals surface area contributed by atoms with Crippen LogP contribution in [-0.4, -0.2) is 16.8 Å². The number of fused-ring (bicyclic) bond motifs is 1. The number of aliphatic hydroxyl groups excluding tert-OH is 1. The van der Waals surface area contributed by atoms with Gasteiger partial charge in [-0.25, -0.2) is 0 Å². The molecule has 1 aromatic heterocycles. The topological polar surface area (TPSA) is 70.8 Å². The molecule has 2 heterocycles. The Balaban J connectivity index is 1.66. The Kier molecular flexibility index (Phi) is 5.01. The number of aliphatic hydroxyl groups is 1. The van der Waals surface area contributed by atoms with Crippen LogP contribution in [0.3, 0.4) is 0 Å². The summed E-state index contributed by atoms with van der Waals surface area (Å²) in [6.45, 7) is 0. The summed E-state index contributed by atoms with van der Waals surface area (Å²) in [6, 6.07) is 18.3. The van der Waals surface area contributed by atoms with Gasteiger partial charge < -0.3 is 9.52 Å². The summed E-state index contributed by atoms with van der Waals surface area (Å²) in [5.41, 5.74) is -0.719. The molecule has 1 N–H and O–H groups in total. The molecule has 1 aliphatic rings. The van der Waals surface area contributed by atoms with Gasteiger partial charge in [-0.15, -0.1) is 0 Å². The van der Waals surface area contributed by atoms with E-state index in [-0.39, 0.29) is 17.0 Å². The van der Waals surface area contributed by atoms with Crippen molar-refractivity contribution in [3.63, 3.8) is 0 Å². The quantitative estimate of drug-likeness (QED) is 0.227. The van der Waals surface area contributed by atoms with Crippen LogP contribution in [0.4, 0.5) is 18.9 Å². The minimum Gasteiger partial charge on any atom is -0.507 e. The largest absolute Gasteiger partial charge is 0.507 e. The molecule has 1 amide bonds. The van der Waals surface area contributed by atoms with Crippen molar-refractivity contribution >= 4 is 33.9 Å². The second-order valence-electron chi connectivity index (χ2n) is 7.79. The van der Waals surface area contributed by atoms with E-state index in [0.29, 0.717) is 5.56 Å². The highest BCUT2D eigenvalue weighted by Crippen LogP contribution is 2.43. The van der Waals surface area contributed by atoms with E-state index in [1.54, 1.807) is 24.3 Å². The van der Waals surface area contributed by atoms with Gasteiger partial charge in [0.15, 0.2) is 0 Å². The Bertz CT molecular complexity index is 1440. The minimum atomic E-state index is -4.55. The van der Waals surface area contributed by atoms with Crippen molar-refractivity contribution in [3.8, 4) is 0 Å². The van der Waals surface area contributed by atoms with E-state index in [0.717, 1.165) is 39.9 Å². The number of hydrogen-bond acceptors (Lipinski definition) is 4. The number of carbonyl (C=O) groups is 2. The molecular weight excluding hydrogens is 447 g/mol. The molecule has 1 saturated heterocycles. The molecule has 34 heavy (non-hydrogen) atoms. The molecular formula is C26H16F3NO4. The van der Waals surface area contributed by atoms with E-state index in [1.165, 1.54) is 12.3 Å². The molecule has 8 heteroatoms. The first-order valence-electron chi connectivity index (χ1n) is 10.3. The van der Waals surface area contributed by atoms with E-state index in [2.05, 4.69) is 0 Å². The third-order valence-corrected chi connectivity index (χ3v) is 5.75. The molecule has 0 spiro atoms. The van der Waals surface area contributed by atoms with Crippen molar-refractivity contribution in [1.29, 1.82) is 0 Å². The standard InChI is InChI=1S/C26H16F3NO4/c27-26(28,29)18-9-11-19(12-10-18)30-22(20-6-3-13-34-20)21(24(32)25(30)33)23(31)17-8-7-15-4-1-2-5-16(15)14-17/h1-14,22,31H/b23-21-. The van der Waals surface area contributed by atoms with Gasteiger partial charge in [-0.1, -0.05) is 36.4 Å². The maximum atomic E-state index is 13.1. The zero-order chi connectivity index (χ0) is 24.0. The molecule has 0 saturated carbocycles. The van der Waals surface area contributed by atoms with E-state index in [1.807, 2.05) is 24.3 Å². The highest BCUT2D eigenvalue weighted by atomic mass is 19.4. The molecule has 1 aliphatic heterocycles. The Morgan fingerprint density at radius 2 is 1.59 bits per heavy atom. The van der Waals surface area contributed by atoms with Gasteiger partial charge in [-0.3, -0.25) is 14.5 Å². The number of rotatable bonds is 3. The van der Waals surface area contributed by atoms with E-state index >= 15 is 0 Å². The first-order valence-corrected chi connectivity index (χ1v) is 10.3. The van der Waals surface area contributed by atoms with Crippen molar-refractivity contribution in [2.24, 2.45) is 0 Å². The van der Waals surface area contributed by atoms with Crippen LogP contribution in [0.15, 0.2) is 95.1 Å². The van der Waals surface area contributed by atoms with Gasteiger partial charge in [0.2, 0.25) is 0 Å². The maximum absolute atomic E-state index is 13.1. The third kappa shape index (κ3) is 3.53. The second-order valence-corrected chi connectivity index (χ2v) is 7.79. The molecule has 1 fully saturated rings. The molecule has 3 aromatic carbocycles. The maximum Gasteiger partial charge on any atom is 0.416 e. The van der Waals surface area contributed by atoms with Crippen molar-refractivity contribution < 1.29 is 32.3 Å².